The third-order valence-electron chi connectivity index (χ3n) is 0.981. The van der Waals surface area contributed by atoms with E-state index in [1.807, 2.05) is 0 Å². The van der Waals surface area contributed by atoms with Crippen LogP contribution < -0.4 is 0 Å². The minimum Gasteiger partial charge on any atom is -0.0836 e. The molecule has 1 rings (SSSR count). The van der Waals surface area contributed by atoms with Gasteiger partial charge in [-0.3, -0.25) is 0 Å². The van der Waals surface area contributed by atoms with Gasteiger partial charge in [0.2, 0.25) is 0 Å². The van der Waals surface area contributed by atoms with Crippen LogP contribution in [-0.4, -0.2) is 0 Å². The van der Waals surface area contributed by atoms with E-state index >= 15 is 0 Å². The number of hydrogen-bond acceptors (Lipinski definition) is 0. The summed E-state index contributed by atoms with van der Waals surface area (Å²) in [5.74, 6) is 0. The summed E-state index contributed by atoms with van der Waals surface area (Å²) < 4.78 is 0. The lowest BCUT2D eigenvalue weighted by molar-refractivity contribution is 1.18. The van der Waals surface area contributed by atoms with Gasteiger partial charge in [-0.05, 0) is 13.3 Å². The zero-order valence-electron chi connectivity index (χ0n) is 4.44. The van der Waals surface area contributed by atoms with Crippen molar-refractivity contribution in [1.29, 1.82) is 0 Å². The minimum absolute atomic E-state index is 0.988. The molecular formula is C7H8. The van der Waals surface area contributed by atoms with Gasteiger partial charge < -0.3 is 0 Å². The fourth-order valence-electron chi connectivity index (χ4n) is 0.559. The molecule has 0 fully saturated rings. The van der Waals surface area contributed by atoms with Crippen molar-refractivity contribution in [3.05, 3.63) is 30.2 Å². The van der Waals surface area contributed by atoms with Gasteiger partial charge >= 0.3 is 0 Å². The van der Waals surface area contributed by atoms with Crippen LogP contribution in [0.25, 0.3) is 0 Å². The van der Waals surface area contributed by atoms with E-state index in [-0.39, 0.29) is 0 Å². The molecule has 0 unspecified atom stereocenters. The summed E-state index contributed by atoms with van der Waals surface area (Å²) in [4.78, 5) is 0. The van der Waals surface area contributed by atoms with Crippen molar-refractivity contribution in [3.8, 4) is 0 Å². The zero-order chi connectivity index (χ0) is 5.11. The van der Waals surface area contributed by atoms with Crippen molar-refractivity contribution in [2.75, 3.05) is 0 Å². The molecule has 1 aliphatic rings. The average Bonchev–Trinajstić information content (AvgIpc) is 1.69. The van der Waals surface area contributed by atoms with E-state index in [0.29, 0.717) is 0 Å². The standard InChI is InChI=1S/C7H8/c1-7-5-3-2-4-6-7/h2-3,5H,4H2,1H3. The summed E-state index contributed by atoms with van der Waals surface area (Å²) in [6, 6.07) is 0. The molecule has 0 saturated carbocycles. The summed E-state index contributed by atoms with van der Waals surface area (Å²) in [6.45, 7) is 2.06. The largest absolute Gasteiger partial charge is 0.0836 e. The van der Waals surface area contributed by atoms with E-state index in [9.17, 15) is 0 Å². The fraction of sp³-hybridized carbons (Fsp3) is 0.286. The van der Waals surface area contributed by atoms with Crippen molar-refractivity contribution in [3.63, 3.8) is 0 Å². The molecule has 1 aliphatic carbocycles. The number of rotatable bonds is 0. The summed E-state index contributed by atoms with van der Waals surface area (Å²) in [5.41, 5.74) is 1.25. The third-order valence-corrected chi connectivity index (χ3v) is 0.981. The van der Waals surface area contributed by atoms with Crippen molar-refractivity contribution in [2.24, 2.45) is 0 Å². The highest BCUT2D eigenvalue weighted by atomic mass is 13.9. The number of allylic oxidation sites excluding steroid dienone is 4. The van der Waals surface area contributed by atoms with E-state index in [1.165, 1.54) is 5.57 Å². The highest BCUT2D eigenvalue weighted by Gasteiger charge is 1.89. The Balaban J connectivity index is 2.57. The lowest BCUT2D eigenvalue weighted by atomic mass is 10.1. The average molecular weight is 92.1 g/mol. The van der Waals surface area contributed by atoms with Crippen LogP contribution in [0.1, 0.15) is 13.3 Å². The Bertz CT molecular complexity index is 107. The molecule has 2 radical (unpaired) electrons. The summed E-state index contributed by atoms with van der Waals surface area (Å²) in [6.07, 6.45) is 10.4. The first kappa shape index (κ1) is 4.63. The van der Waals surface area contributed by atoms with Gasteiger partial charge in [-0.1, -0.05) is 23.8 Å². The highest BCUT2D eigenvalue weighted by molar-refractivity contribution is 5.23. The van der Waals surface area contributed by atoms with Crippen LogP contribution in [0.4, 0.5) is 0 Å². The van der Waals surface area contributed by atoms with Crippen LogP contribution in [0.5, 0.6) is 0 Å². The Hall–Kier alpha value is -0.520. The molecule has 0 heteroatoms. The van der Waals surface area contributed by atoms with Gasteiger partial charge in [0.1, 0.15) is 0 Å². The van der Waals surface area contributed by atoms with Crippen molar-refractivity contribution >= 4 is 0 Å². The van der Waals surface area contributed by atoms with Gasteiger partial charge in [-0.25, -0.2) is 0 Å². The highest BCUT2D eigenvalue weighted by Crippen LogP contribution is 2.07. The predicted molar refractivity (Wildman–Crippen MR) is 30.8 cm³/mol. The smallest absolute Gasteiger partial charge is 0.0158 e. The first-order valence-electron chi connectivity index (χ1n) is 2.47. The van der Waals surface area contributed by atoms with Gasteiger partial charge in [0.05, 0.1) is 0 Å². The summed E-state index contributed by atoms with van der Waals surface area (Å²) >= 11 is 0. The molecule has 0 saturated heterocycles. The Morgan fingerprint density at radius 3 is 2.86 bits per heavy atom. The van der Waals surface area contributed by atoms with Gasteiger partial charge in [-0.15, -0.1) is 0 Å². The molecule has 36 valence electrons. The maximum absolute atomic E-state index is 3.16. The topological polar surface area (TPSA) is 0 Å². The molecule has 0 N–H and O–H groups in total. The Kier molecular flexibility index (Phi) is 1.30. The van der Waals surface area contributed by atoms with E-state index in [2.05, 4.69) is 31.6 Å². The van der Waals surface area contributed by atoms with Crippen LogP contribution in [0, 0.1) is 6.42 Å². The second kappa shape index (κ2) is 1.97. The molecule has 0 spiro atoms. The van der Waals surface area contributed by atoms with E-state index in [0.717, 1.165) is 6.42 Å². The maximum Gasteiger partial charge on any atom is 0.0158 e. The SMILES string of the molecule is CC1=CC=CC[C]1. The van der Waals surface area contributed by atoms with Gasteiger partial charge in [-0.2, -0.15) is 0 Å². The third kappa shape index (κ3) is 1.19. The van der Waals surface area contributed by atoms with E-state index in [4.69, 9.17) is 0 Å². The van der Waals surface area contributed by atoms with Crippen molar-refractivity contribution in [2.45, 2.75) is 13.3 Å². The first-order valence-corrected chi connectivity index (χ1v) is 2.47. The molecule has 0 aliphatic heterocycles. The van der Waals surface area contributed by atoms with Crippen LogP contribution in [0.15, 0.2) is 23.8 Å². The lowest BCUT2D eigenvalue weighted by Crippen LogP contribution is -1.79. The Morgan fingerprint density at radius 2 is 2.57 bits per heavy atom. The van der Waals surface area contributed by atoms with Crippen molar-refractivity contribution in [1.82, 2.24) is 0 Å². The second-order valence-corrected chi connectivity index (χ2v) is 1.66. The van der Waals surface area contributed by atoms with Gasteiger partial charge in [0, 0.05) is 6.42 Å². The zero-order valence-corrected chi connectivity index (χ0v) is 4.44. The van der Waals surface area contributed by atoms with Crippen LogP contribution in [0.2, 0.25) is 0 Å². The van der Waals surface area contributed by atoms with Gasteiger partial charge in [0.15, 0.2) is 0 Å². The van der Waals surface area contributed by atoms with Gasteiger partial charge in [0.25, 0.3) is 0 Å². The molecule has 0 aromatic heterocycles. The molecule has 0 heterocycles. The monoisotopic (exact) mass is 92.1 g/mol. The molecular weight excluding hydrogens is 84.1 g/mol. The second-order valence-electron chi connectivity index (χ2n) is 1.66. The number of hydrogen-bond donors (Lipinski definition) is 0. The molecule has 0 aromatic carbocycles. The summed E-state index contributed by atoms with van der Waals surface area (Å²) in [7, 11) is 0. The molecule has 0 aromatic rings. The van der Waals surface area contributed by atoms with Crippen LogP contribution in [0.3, 0.4) is 0 Å². The van der Waals surface area contributed by atoms with Crippen molar-refractivity contribution < 1.29 is 0 Å². The molecule has 0 bridgehead atoms. The first-order chi connectivity index (χ1) is 3.39. The molecule has 0 atom stereocenters. The molecule has 7 heavy (non-hydrogen) atoms. The van der Waals surface area contributed by atoms with E-state index in [1.54, 1.807) is 0 Å². The fourth-order valence-corrected chi connectivity index (χ4v) is 0.559. The molecule has 0 nitrogen and oxygen atoms in total. The van der Waals surface area contributed by atoms with Crippen LogP contribution >= 0.6 is 0 Å². The van der Waals surface area contributed by atoms with E-state index < -0.39 is 0 Å². The Morgan fingerprint density at radius 1 is 1.71 bits per heavy atom. The quantitative estimate of drug-likeness (QED) is 0.428. The minimum atomic E-state index is 0.988. The predicted octanol–water partition coefficient (Wildman–Crippen LogP) is 1.97. The maximum atomic E-state index is 3.16. The lowest BCUT2D eigenvalue weighted by Gasteiger charge is -1.97. The normalized spacial score (nSPS) is 19.3. The summed E-state index contributed by atoms with van der Waals surface area (Å²) in [5, 5.41) is 0. The Labute approximate surface area is 44.5 Å². The van der Waals surface area contributed by atoms with Crippen LogP contribution in [-0.2, 0) is 0 Å². The molecule has 0 amide bonds.